The molecule has 1 rings (SSSR count). The van der Waals surface area contributed by atoms with Crippen LogP contribution in [0.15, 0.2) is 22.3 Å². The van der Waals surface area contributed by atoms with E-state index in [0.717, 1.165) is 5.56 Å². The monoisotopic (exact) mass is 248 g/mol. The van der Waals surface area contributed by atoms with Crippen LogP contribution >= 0.6 is 0 Å². The zero-order chi connectivity index (χ0) is 13.5. The van der Waals surface area contributed by atoms with Crippen LogP contribution in [0.4, 0.5) is 0 Å². The Bertz CT molecular complexity index is 483. The fourth-order valence-electron chi connectivity index (χ4n) is 1.41. The number of rotatable bonds is 5. The lowest BCUT2D eigenvalue weighted by atomic mass is 10.2. The lowest BCUT2D eigenvalue weighted by molar-refractivity contribution is -0.117. The average molecular weight is 248 g/mol. The molecule has 0 aliphatic heterocycles. The Morgan fingerprint density at radius 2 is 2.44 bits per heavy atom. The van der Waals surface area contributed by atoms with Gasteiger partial charge in [-0.1, -0.05) is 0 Å². The summed E-state index contributed by atoms with van der Waals surface area (Å²) in [6, 6.07) is 3.48. The Hall–Kier alpha value is -2.06. The van der Waals surface area contributed by atoms with Gasteiger partial charge in [-0.3, -0.25) is 4.79 Å². The van der Waals surface area contributed by atoms with Gasteiger partial charge in [0.15, 0.2) is 0 Å². The minimum Gasteiger partial charge on any atom is -0.465 e. The van der Waals surface area contributed by atoms with Crippen molar-refractivity contribution in [2.45, 2.75) is 19.9 Å². The maximum atomic E-state index is 11.8. The van der Waals surface area contributed by atoms with E-state index in [1.54, 1.807) is 20.1 Å². The summed E-state index contributed by atoms with van der Waals surface area (Å²) in [5.41, 5.74) is 0.886. The lowest BCUT2D eigenvalue weighted by Gasteiger charge is -2.11. The molecule has 1 atom stereocenters. The van der Waals surface area contributed by atoms with Gasteiger partial charge in [-0.25, -0.2) is 0 Å². The van der Waals surface area contributed by atoms with Gasteiger partial charge in [-0.05, 0) is 25.5 Å². The molecule has 0 saturated heterocycles. The summed E-state index contributed by atoms with van der Waals surface area (Å²) >= 11 is 0. The van der Waals surface area contributed by atoms with Crippen molar-refractivity contribution in [3.05, 3.63) is 29.2 Å². The van der Waals surface area contributed by atoms with E-state index in [-0.39, 0.29) is 11.6 Å². The normalized spacial score (nSPS) is 12.9. The number of aryl methyl sites for hydroxylation is 1. The highest BCUT2D eigenvalue weighted by atomic mass is 16.5. The number of nitrogens with zero attached hydrogens (tertiary/aromatic N) is 1. The summed E-state index contributed by atoms with van der Waals surface area (Å²) in [4.78, 5) is 11.8. The highest BCUT2D eigenvalue weighted by molar-refractivity contribution is 6.01. The Labute approximate surface area is 106 Å². The van der Waals surface area contributed by atoms with Crippen LogP contribution in [0.25, 0.3) is 6.08 Å². The summed E-state index contributed by atoms with van der Waals surface area (Å²) in [5.74, 6) is 0.0824. The zero-order valence-electron chi connectivity index (χ0n) is 10.7. The molecule has 1 unspecified atom stereocenters. The van der Waals surface area contributed by atoms with Gasteiger partial charge in [0.2, 0.25) is 0 Å². The van der Waals surface area contributed by atoms with Crippen LogP contribution in [0.3, 0.4) is 0 Å². The van der Waals surface area contributed by atoms with Gasteiger partial charge in [0.1, 0.15) is 17.4 Å². The molecule has 96 valence electrons. The number of hydrogen-bond acceptors (Lipinski definition) is 4. The molecule has 1 aromatic heterocycles. The Morgan fingerprint density at radius 3 is 2.94 bits per heavy atom. The summed E-state index contributed by atoms with van der Waals surface area (Å²) in [6.45, 7) is 4.04. The predicted octanol–water partition coefficient (Wildman–Crippen LogP) is 1.65. The number of carbonyl (C=O) groups is 1. The minimum atomic E-state index is -0.433. The fraction of sp³-hybridized carbons (Fsp3) is 0.385. The van der Waals surface area contributed by atoms with Gasteiger partial charge in [0.25, 0.3) is 5.91 Å². The molecule has 0 radical (unpaired) electrons. The predicted molar refractivity (Wildman–Crippen MR) is 66.5 cm³/mol. The number of nitriles is 1. The van der Waals surface area contributed by atoms with Gasteiger partial charge in [0, 0.05) is 19.2 Å². The van der Waals surface area contributed by atoms with Gasteiger partial charge in [0.05, 0.1) is 12.9 Å². The Morgan fingerprint density at radius 1 is 1.72 bits per heavy atom. The maximum Gasteiger partial charge on any atom is 0.262 e. The first-order valence-corrected chi connectivity index (χ1v) is 5.54. The molecule has 18 heavy (non-hydrogen) atoms. The van der Waals surface area contributed by atoms with Crippen molar-refractivity contribution in [3.63, 3.8) is 0 Å². The number of hydrogen-bond donors (Lipinski definition) is 1. The zero-order valence-corrected chi connectivity index (χ0v) is 10.7. The van der Waals surface area contributed by atoms with Crippen molar-refractivity contribution in [1.82, 2.24) is 5.32 Å². The second-order valence-corrected chi connectivity index (χ2v) is 3.97. The van der Waals surface area contributed by atoms with Crippen LogP contribution in [0, 0.1) is 18.3 Å². The first-order chi connectivity index (χ1) is 8.58. The summed E-state index contributed by atoms with van der Waals surface area (Å²) in [6.07, 6.45) is 2.95. The first-order valence-electron chi connectivity index (χ1n) is 5.54. The largest absolute Gasteiger partial charge is 0.465 e. The summed E-state index contributed by atoms with van der Waals surface area (Å²) in [7, 11) is 1.55. The van der Waals surface area contributed by atoms with E-state index in [1.807, 2.05) is 13.0 Å². The second kappa shape index (κ2) is 6.62. The molecule has 5 heteroatoms. The van der Waals surface area contributed by atoms with Crippen LogP contribution in [0.1, 0.15) is 18.2 Å². The van der Waals surface area contributed by atoms with Gasteiger partial charge < -0.3 is 14.5 Å². The van der Waals surface area contributed by atoms with Crippen molar-refractivity contribution < 1.29 is 13.9 Å². The topological polar surface area (TPSA) is 75.3 Å². The standard InChI is InChI=1S/C13H16N2O3/c1-9-4-5-18-12(9)6-11(7-14)13(16)15-10(2)8-17-3/h4-6,10H,8H2,1-3H3,(H,15,16). The van der Waals surface area contributed by atoms with Crippen molar-refractivity contribution in [2.24, 2.45) is 0 Å². The number of carbonyl (C=O) groups excluding carboxylic acids is 1. The van der Waals surface area contributed by atoms with Crippen molar-refractivity contribution in [3.8, 4) is 6.07 Å². The van der Waals surface area contributed by atoms with Crippen molar-refractivity contribution in [2.75, 3.05) is 13.7 Å². The fourth-order valence-corrected chi connectivity index (χ4v) is 1.41. The molecule has 0 saturated carbocycles. The molecular weight excluding hydrogens is 232 g/mol. The third-order valence-electron chi connectivity index (χ3n) is 2.34. The quantitative estimate of drug-likeness (QED) is 0.635. The van der Waals surface area contributed by atoms with E-state index in [2.05, 4.69) is 5.32 Å². The van der Waals surface area contributed by atoms with Crippen LogP contribution in [0.5, 0.6) is 0 Å². The highest BCUT2D eigenvalue weighted by Crippen LogP contribution is 2.13. The third-order valence-corrected chi connectivity index (χ3v) is 2.34. The van der Waals surface area contributed by atoms with E-state index in [1.165, 1.54) is 12.3 Å². The smallest absolute Gasteiger partial charge is 0.262 e. The average Bonchev–Trinajstić information content (AvgIpc) is 2.71. The van der Waals surface area contributed by atoms with E-state index in [4.69, 9.17) is 14.4 Å². The third kappa shape index (κ3) is 3.75. The number of furan rings is 1. The number of amides is 1. The highest BCUT2D eigenvalue weighted by Gasteiger charge is 2.13. The van der Waals surface area contributed by atoms with E-state index < -0.39 is 5.91 Å². The molecule has 5 nitrogen and oxygen atoms in total. The molecule has 0 bridgehead atoms. The van der Waals surface area contributed by atoms with Crippen molar-refractivity contribution >= 4 is 12.0 Å². The van der Waals surface area contributed by atoms with Gasteiger partial charge in [-0.2, -0.15) is 5.26 Å². The second-order valence-electron chi connectivity index (χ2n) is 3.97. The molecule has 0 aromatic carbocycles. The molecule has 1 N–H and O–H groups in total. The Balaban J connectivity index is 2.79. The van der Waals surface area contributed by atoms with Crippen molar-refractivity contribution in [1.29, 1.82) is 5.26 Å². The summed E-state index contributed by atoms with van der Waals surface area (Å²) < 4.78 is 10.1. The minimum absolute atomic E-state index is 0.0102. The molecule has 1 heterocycles. The number of methoxy groups -OCH3 is 1. The molecule has 1 amide bonds. The van der Waals surface area contributed by atoms with E-state index in [9.17, 15) is 4.79 Å². The van der Waals surface area contributed by atoms with Gasteiger partial charge in [-0.15, -0.1) is 0 Å². The summed E-state index contributed by atoms with van der Waals surface area (Å²) in [5, 5.41) is 11.6. The Kier molecular flexibility index (Phi) is 5.15. The molecule has 0 spiro atoms. The molecular formula is C13H16N2O3. The first kappa shape index (κ1) is 14.0. The van der Waals surface area contributed by atoms with Crippen LogP contribution in [0.2, 0.25) is 0 Å². The molecule has 1 aromatic rings. The van der Waals surface area contributed by atoms with Crippen LogP contribution < -0.4 is 5.32 Å². The molecule has 0 aliphatic carbocycles. The molecule has 0 fully saturated rings. The van der Waals surface area contributed by atoms with E-state index in [0.29, 0.717) is 12.4 Å². The maximum absolute atomic E-state index is 11.8. The van der Waals surface area contributed by atoms with Crippen LogP contribution in [-0.2, 0) is 9.53 Å². The number of ether oxygens (including phenoxy) is 1. The number of nitrogens with one attached hydrogen (secondary N) is 1. The SMILES string of the molecule is COCC(C)NC(=O)C(C#N)=Cc1occc1C. The van der Waals surface area contributed by atoms with Gasteiger partial charge >= 0.3 is 0 Å². The van der Waals surface area contributed by atoms with E-state index >= 15 is 0 Å². The van der Waals surface area contributed by atoms with Crippen LogP contribution in [-0.4, -0.2) is 25.7 Å². The lowest BCUT2D eigenvalue weighted by Crippen LogP contribution is -2.36. The molecule has 0 aliphatic rings.